The first-order valence-corrected chi connectivity index (χ1v) is 6.80. The maximum atomic E-state index is 11.9. The van der Waals surface area contributed by atoms with Crippen molar-refractivity contribution in [3.05, 3.63) is 35.9 Å². The van der Waals surface area contributed by atoms with Crippen LogP contribution in [0, 0.1) is 5.92 Å². The molecule has 0 bridgehead atoms. The molecule has 0 spiro atoms. The van der Waals surface area contributed by atoms with E-state index in [1.165, 1.54) is 12.8 Å². The van der Waals surface area contributed by atoms with Gasteiger partial charge in [0.05, 0.1) is 6.54 Å². The van der Waals surface area contributed by atoms with Crippen LogP contribution in [0.3, 0.4) is 0 Å². The zero-order valence-electron chi connectivity index (χ0n) is 10.8. The van der Waals surface area contributed by atoms with Crippen molar-refractivity contribution in [3.8, 4) is 0 Å². The van der Waals surface area contributed by atoms with Crippen molar-refractivity contribution in [1.29, 1.82) is 0 Å². The lowest BCUT2D eigenvalue weighted by atomic mass is 9.86. The molecule has 1 aliphatic rings. The zero-order valence-corrected chi connectivity index (χ0v) is 10.8. The van der Waals surface area contributed by atoms with Gasteiger partial charge < -0.3 is 11.1 Å². The normalized spacial score (nSPS) is 23.8. The monoisotopic (exact) mass is 246 g/mol. The molecule has 18 heavy (non-hydrogen) atoms. The van der Waals surface area contributed by atoms with E-state index in [1.54, 1.807) is 0 Å². The Labute approximate surface area is 109 Å². The fourth-order valence-electron chi connectivity index (χ4n) is 2.51. The number of hydrogen-bond donors (Lipinski definition) is 2. The molecule has 0 radical (unpaired) electrons. The molecular formula is C15H22N2O. The smallest absolute Gasteiger partial charge is 0.176 e. The number of ketones is 1. The number of rotatable bonds is 5. The summed E-state index contributed by atoms with van der Waals surface area (Å²) in [6.45, 7) is 1.37. The van der Waals surface area contributed by atoms with E-state index in [9.17, 15) is 4.79 Å². The number of carbonyl (C=O) groups excluding carboxylic acids is 1. The molecule has 0 atom stereocenters. The van der Waals surface area contributed by atoms with Gasteiger partial charge in [-0.15, -0.1) is 0 Å². The molecule has 0 heterocycles. The molecular weight excluding hydrogens is 224 g/mol. The van der Waals surface area contributed by atoms with Crippen LogP contribution in [0.15, 0.2) is 30.3 Å². The Hall–Kier alpha value is -1.19. The van der Waals surface area contributed by atoms with Crippen LogP contribution in [-0.2, 0) is 0 Å². The minimum absolute atomic E-state index is 0.170. The van der Waals surface area contributed by atoms with Gasteiger partial charge in [0.15, 0.2) is 5.78 Å². The van der Waals surface area contributed by atoms with Gasteiger partial charge in [-0.3, -0.25) is 4.79 Å². The third kappa shape index (κ3) is 3.93. The van der Waals surface area contributed by atoms with Crippen LogP contribution in [0.4, 0.5) is 0 Å². The molecule has 98 valence electrons. The molecule has 0 unspecified atom stereocenters. The summed E-state index contributed by atoms with van der Waals surface area (Å²) >= 11 is 0. The number of carbonyl (C=O) groups is 1. The van der Waals surface area contributed by atoms with Gasteiger partial charge in [-0.05, 0) is 38.1 Å². The fraction of sp³-hybridized carbons (Fsp3) is 0.533. The Bertz CT molecular complexity index is 369. The quantitative estimate of drug-likeness (QED) is 0.781. The lowest BCUT2D eigenvalue weighted by Crippen LogP contribution is -2.33. The summed E-state index contributed by atoms with van der Waals surface area (Å²) in [6, 6.07) is 9.85. The van der Waals surface area contributed by atoms with Gasteiger partial charge in [-0.25, -0.2) is 0 Å². The summed E-state index contributed by atoms with van der Waals surface area (Å²) in [5, 5.41) is 3.28. The maximum Gasteiger partial charge on any atom is 0.176 e. The van der Waals surface area contributed by atoms with Crippen LogP contribution in [-0.4, -0.2) is 24.9 Å². The third-order valence-corrected chi connectivity index (χ3v) is 3.71. The van der Waals surface area contributed by atoms with Gasteiger partial charge >= 0.3 is 0 Å². The second kappa shape index (κ2) is 6.66. The van der Waals surface area contributed by atoms with E-state index in [4.69, 9.17) is 5.73 Å². The Balaban J connectivity index is 1.68. The average Bonchev–Trinajstić information content (AvgIpc) is 2.42. The number of nitrogens with one attached hydrogen (secondary N) is 1. The topological polar surface area (TPSA) is 55.1 Å². The average molecular weight is 246 g/mol. The second-order valence-electron chi connectivity index (χ2n) is 5.20. The molecule has 3 nitrogen and oxygen atoms in total. The van der Waals surface area contributed by atoms with Crippen LogP contribution in [0.25, 0.3) is 0 Å². The van der Waals surface area contributed by atoms with Crippen LogP contribution in [0.5, 0.6) is 0 Å². The Morgan fingerprint density at radius 2 is 1.83 bits per heavy atom. The minimum atomic E-state index is 0.170. The summed E-state index contributed by atoms with van der Waals surface area (Å²) in [5.74, 6) is 0.858. The molecule has 0 saturated heterocycles. The fourth-order valence-corrected chi connectivity index (χ4v) is 2.51. The largest absolute Gasteiger partial charge is 0.328 e. The number of Topliss-reactive ketones (excluding diaryl/α,β-unsaturated/α-hetero) is 1. The summed E-state index contributed by atoms with van der Waals surface area (Å²) in [7, 11) is 0. The summed E-state index contributed by atoms with van der Waals surface area (Å²) in [6.07, 6.45) is 4.62. The lowest BCUT2D eigenvalue weighted by Gasteiger charge is -2.26. The Morgan fingerprint density at radius 3 is 2.50 bits per heavy atom. The first-order chi connectivity index (χ1) is 8.75. The number of nitrogens with two attached hydrogens (primary N) is 1. The zero-order chi connectivity index (χ0) is 12.8. The summed E-state index contributed by atoms with van der Waals surface area (Å²) in [5.41, 5.74) is 6.66. The molecule has 3 N–H and O–H groups in total. The van der Waals surface area contributed by atoms with Crippen molar-refractivity contribution >= 4 is 5.78 Å². The molecule has 1 aromatic rings. The lowest BCUT2D eigenvalue weighted by molar-refractivity contribution is 0.0989. The van der Waals surface area contributed by atoms with Crippen LogP contribution < -0.4 is 11.1 Å². The SMILES string of the molecule is N[C@H]1CC[C@H](CNCC(=O)c2ccccc2)CC1. The maximum absolute atomic E-state index is 11.9. The third-order valence-electron chi connectivity index (χ3n) is 3.71. The molecule has 1 aromatic carbocycles. The molecule has 2 rings (SSSR count). The number of benzene rings is 1. The Morgan fingerprint density at radius 1 is 1.17 bits per heavy atom. The molecule has 0 aromatic heterocycles. The second-order valence-corrected chi connectivity index (χ2v) is 5.20. The highest BCUT2D eigenvalue weighted by Crippen LogP contribution is 2.22. The van der Waals surface area contributed by atoms with E-state index < -0.39 is 0 Å². The highest BCUT2D eigenvalue weighted by atomic mass is 16.1. The standard InChI is InChI=1S/C15H22N2O/c16-14-8-6-12(7-9-14)10-17-11-15(18)13-4-2-1-3-5-13/h1-5,12,14,17H,6-11,16H2/t12-,14-. The summed E-state index contributed by atoms with van der Waals surface area (Å²) < 4.78 is 0. The van der Waals surface area contributed by atoms with Crippen molar-refractivity contribution in [2.75, 3.05) is 13.1 Å². The first kappa shape index (κ1) is 13.2. The van der Waals surface area contributed by atoms with Gasteiger partial charge in [-0.2, -0.15) is 0 Å². The molecule has 3 heteroatoms. The van der Waals surface area contributed by atoms with Gasteiger partial charge in [0.2, 0.25) is 0 Å². The molecule has 1 fully saturated rings. The van der Waals surface area contributed by atoms with Crippen molar-refractivity contribution in [1.82, 2.24) is 5.32 Å². The van der Waals surface area contributed by atoms with E-state index >= 15 is 0 Å². The Kier molecular flexibility index (Phi) is 4.90. The summed E-state index contributed by atoms with van der Waals surface area (Å²) in [4.78, 5) is 11.9. The predicted octanol–water partition coefficient (Wildman–Crippen LogP) is 1.98. The number of hydrogen-bond acceptors (Lipinski definition) is 3. The van der Waals surface area contributed by atoms with E-state index in [1.807, 2.05) is 30.3 Å². The van der Waals surface area contributed by atoms with Crippen LogP contribution >= 0.6 is 0 Å². The molecule has 0 amide bonds. The van der Waals surface area contributed by atoms with E-state index in [2.05, 4.69) is 5.32 Å². The highest BCUT2D eigenvalue weighted by Gasteiger charge is 2.18. The van der Waals surface area contributed by atoms with Crippen molar-refractivity contribution < 1.29 is 4.79 Å². The predicted molar refractivity (Wildman–Crippen MR) is 73.6 cm³/mol. The van der Waals surface area contributed by atoms with Crippen molar-refractivity contribution in [2.24, 2.45) is 11.7 Å². The van der Waals surface area contributed by atoms with Crippen molar-refractivity contribution in [3.63, 3.8) is 0 Å². The van der Waals surface area contributed by atoms with Gasteiger partial charge in [0.25, 0.3) is 0 Å². The van der Waals surface area contributed by atoms with Gasteiger partial charge in [0, 0.05) is 11.6 Å². The minimum Gasteiger partial charge on any atom is -0.328 e. The van der Waals surface area contributed by atoms with E-state index in [0.717, 1.165) is 24.9 Å². The molecule has 1 saturated carbocycles. The molecule has 1 aliphatic carbocycles. The highest BCUT2D eigenvalue weighted by molar-refractivity contribution is 5.97. The van der Waals surface area contributed by atoms with Gasteiger partial charge in [0.1, 0.15) is 0 Å². The van der Waals surface area contributed by atoms with Gasteiger partial charge in [-0.1, -0.05) is 30.3 Å². The van der Waals surface area contributed by atoms with E-state index in [-0.39, 0.29) is 5.78 Å². The molecule has 0 aliphatic heterocycles. The van der Waals surface area contributed by atoms with Crippen LogP contribution in [0.2, 0.25) is 0 Å². The van der Waals surface area contributed by atoms with Crippen LogP contribution in [0.1, 0.15) is 36.0 Å². The van der Waals surface area contributed by atoms with Crippen molar-refractivity contribution in [2.45, 2.75) is 31.7 Å². The van der Waals surface area contributed by atoms with E-state index in [0.29, 0.717) is 18.5 Å². The first-order valence-electron chi connectivity index (χ1n) is 6.80.